The van der Waals surface area contributed by atoms with E-state index in [2.05, 4.69) is 15.3 Å². The van der Waals surface area contributed by atoms with E-state index in [1.54, 1.807) is 20.8 Å². The summed E-state index contributed by atoms with van der Waals surface area (Å²) in [5, 5.41) is 2.82. The fourth-order valence-electron chi connectivity index (χ4n) is 2.59. The predicted octanol–water partition coefficient (Wildman–Crippen LogP) is 3.07. The molecule has 0 aliphatic carbocycles. The predicted molar refractivity (Wildman–Crippen MR) is 86.4 cm³/mol. The first kappa shape index (κ1) is 19.3. The van der Waals surface area contributed by atoms with Gasteiger partial charge in [0.1, 0.15) is 17.7 Å². The summed E-state index contributed by atoms with van der Waals surface area (Å²) in [4.78, 5) is 21.4. The average molecular weight is 360 g/mol. The average Bonchev–Trinajstić information content (AvgIpc) is 2.44. The molecule has 0 radical (unpaired) electrons. The summed E-state index contributed by atoms with van der Waals surface area (Å²) in [6, 6.07) is 1.34. The Hall–Kier alpha value is -2.06. The summed E-state index contributed by atoms with van der Waals surface area (Å²) in [6.07, 6.45) is -3.34. The van der Waals surface area contributed by atoms with Gasteiger partial charge in [-0.2, -0.15) is 13.2 Å². The van der Waals surface area contributed by atoms with E-state index < -0.39 is 24.3 Å². The number of hydrogen-bond donors (Lipinski definition) is 1. The molecule has 1 aliphatic rings. The van der Waals surface area contributed by atoms with Crippen LogP contribution in [0.2, 0.25) is 0 Å². The highest BCUT2D eigenvalue weighted by atomic mass is 19.4. The molecule has 2 heterocycles. The van der Waals surface area contributed by atoms with Gasteiger partial charge in [0.25, 0.3) is 0 Å². The van der Waals surface area contributed by atoms with Crippen molar-refractivity contribution < 1.29 is 22.7 Å². The quantitative estimate of drug-likeness (QED) is 0.897. The Kier molecular flexibility index (Phi) is 5.74. The van der Waals surface area contributed by atoms with Crippen LogP contribution >= 0.6 is 0 Å². The number of alkyl halides is 3. The number of anilines is 1. The molecule has 0 aromatic carbocycles. The molecular weight excluding hydrogens is 337 g/mol. The van der Waals surface area contributed by atoms with E-state index in [0.717, 1.165) is 6.33 Å². The summed E-state index contributed by atoms with van der Waals surface area (Å²) in [5.41, 5.74) is -0.604. The van der Waals surface area contributed by atoms with Gasteiger partial charge in [0.2, 0.25) is 0 Å². The van der Waals surface area contributed by atoms with E-state index in [1.165, 1.54) is 6.07 Å². The Morgan fingerprint density at radius 3 is 2.48 bits per heavy atom. The van der Waals surface area contributed by atoms with Crippen LogP contribution in [-0.4, -0.2) is 47.0 Å². The third-order valence-corrected chi connectivity index (χ3v) is 3.63. The number of amides is 1. The number of nitrogens with one attached hydrogen (secondary N) is 1. The van der Waals surface area contributed by atoms with E-state index in [-0.39, 0.29) is 11.7 Å². The molecule has 1 N–H and O–H groups in total. The maximum absolute atomic E-state index is 12.5. The van der Waals surface area contributed by atoms with Gasteiger partial charge in [0.05, 0.1) is 12.1 Å². The first-order valence-electron chi connectivity index (χ1n) is 8.14. The summed E-state index contributed by atoms with van der Waals surface area (Å²) >= 11 is 0. The standard InChI is InChI=1S/C16H23F3N4O2/c1-15(2,3)25-14(24)22-11-4-6-23(7-5-11)13-8-12(20-10-21-13)9-16(17,18)19/h8,10-11H,4-7,9H2,1-3H3,(H,22,24). The van der Waals surface area contributed by atoms with Crippen molar-refractivity contribution in [2.45, 2.75) is 57.9 Å². The molecule has 140 valence electrons. The number of hydrogen-bond acceptors (Lipinski definition) is 5. The van der Waals surface area contributed by atoms with E-state index in [0.29, 0.717) is 31.7 Å². The van der Waals surface area contributed by atoms with Crippen molar-refractivity contribution in [1.29, 1.82) is 0 Å². The van der Waals surface area contributed by atoms with Gasteiger partial charge in [-0.15, -0.1) is 0 Å². The van der Waals surface area contributed by atoms with Crippen molar-refractivity contribution in [1.82, 2.24) is 15.3 Å². The number of piperidine rings is 1. The molecule has 0 saturated carbocycles. The third-order valence-electron chi connectivity index (χ3n) is 3.63. The van der Waals surface area contributed by atoms with E-state index in [1.807, 2.05) is 4.90 Å². The number of carbonyl (C=O) groups is 1. The molecule has 0 bridgehead atoms. The lowest BCUT2D eigenvalue weighted by Gasteiger charge is -2.33. The summed E-state index contributed by atoms with van der Waals surface area (Å²) in [7, 11) is 0. The fourth-order valence-corrected chi connectivity index (χ4v) is 2.59. The molecule has 25 heavy (non-hydrogen) atoms. The van der Waals surface area contributed by atoms with Crippen LogP contribution in [0.1, 0.15) is 39.3 Å². The molecule has 1 saturated heterocycles. The lowest BCUT2D eigenvalue weighted by molar-refractivity contribution is -0.127. The highest BCUT2D eigenvalue weighted by molar-refractivity contribution is 5.68. The topological polar surface area (TPSA) is 67.3 Å². The van der Waals surface area contributed by atoms with Crippen LogP contribution in [0.4, 0.5) is 23.8 Å². The molecule has 1 aliphatic heterocycles. The molecule has 1 amide bonds. The van der Waals surface area contributed by atoms with Gasteiger partial charge >= 0.3 is 12.3 Å². The van der Waals surface area contributed by atoms with Gasteiger partial charge in [0, 0.05) is 25.2 Å². The van der Waals surface area contributed by atoms with Gasteiger partial charge in [0.15, 0.2) is 0 Å². The van der Waals surface area contributed by atoms with Crippen LogP contribution in [0.25, 0.3) is 0 Å². The van der Waals surface area contributed by atoms with Crippen molar-refractivity contribution in [2.75, 3.05) is 18.0 Å². The zero-order chi connectivity index (χ0) is 18.7. The second kappa shape index (κ2) is 7.45. The van der Waals surface area contributed by atoms with Crippen LogP contribution in [-0.2, 0) is 11.2 Å². The number of aromatic nitrogens is 2. The highest BCUT2D eigenvalue weighted by Crippen LogP contribution is 2.23. The van der Waals surface area contributed by atoms with E-state index in [9.17, 15) is 18.0 Å². The molecule has 0 atom stereocenters. The zero-order valence-electron chi connectivity index (χ0n) is 14.6. The largest absolute Gasteiger partial charge is 0.444 e. The lowest BCUT2D eigenvalue weighted by atomic mass is 10.1. The van der Waals surface area contributed by atoms with Crippen LogP contribution in [0.3, 0.4) is 0 Å². The van der Waals surface area contributed by atoms with E-state index in [4.69, 9.17) is 4.74 Å². The van der Waals surface area contributed by atoms with Crippen molar-refractivity contribution in [2.24, 2.45) is 0 Å². The molecule has 1 aromatic heterocycles. The minimum absolute atomic E-state index is 0.0254. The number of ether oxygens (including phenoxy) is 1. The molecule has 6 nitrogen and oxygen atoms in total. The second-order valence-corrected chi connectivity index (χ2v) is 7.07. The molecule has 1 fully saturated rings. The minimum atomic E-state index is -4.30. The van der Waals surface area contributed by atoms with Crippen LogP contribution < -0.4 is 10.2 Å². The van der Waals surface area contributed by atoms with Gasteiger partial charge in [-0.1, -0.05) is 0 Å². The molecule has 9 heteroatoms. The summed E-state index contributed by atoms with van der Waals surface area (Å²) in [6.45, 7) is 6.56. The van der Waals surface area contributed by atoms with Crippen molar-refractivity contribution in [3.63, 3.8) is 0 Å². The summed E-state index contributed by atoms with van der Waals surface area (Å²) < 4.78 is 42.7. The third kappa shape index (κ3) is 6.75. The number of alkyl carbamates (subject to hydrolysis) is 1. The first-order chi connectivity index (χ1) is 11.5. The molecule has 2 rings (SSSR count). The Morgan fingerprint density at radius 2 is 1.92 bits per heavy atom. The Labute approximate surface area is 144 Å². The normalized spacial score (nSPS) is 16.6. The first-order valence-corrected chi connectivity index (χ1v) is 8.14. The highest BCUT2D eigenvalue weighted by Gasteiger charge is 2.29. The molecule has 0 spiro atoms. The van der Waals surface area contributed by atoms with Gasteiger partial charge in [-0.25, -0.2) is 14.8 Å². The number of carbonyl (C=O) groups excluding carboxylic acids is 1. The fraction of sp³-hybridized carbons (Fsp3) is 0.688. The molecule has 0 unspecified atom stereocenters. The van der Waals surface area contributed by atoms with E-state index >= 15 is 0 Å². The smallest absolute Gasteiger partial charge is 0.407 e. The van der Waals surface area contributed by atoms with Crippen LogP contribution in [0.15, 0.2) is 12.4 Å². The Morgan fingerprint density at radius 1 is 1.28 bits per heavy atom. The monoisotopic (exact) mass is 360 g/mol. The SMILES string of the molecule is CC(C)(C)OC(=O)NC1CCN(c2cc(CC(F)(F)F)ncn2)CC1. The van der Waals surface area contributed by atoms with Gasteiger partial charge in [-0.3, -0.25) is 0 Å². The zero-order valence-corrected chi connectivity index (χ0v) is 14.6. The molecular formula is C16H23F3N4O2. The van der Waals surface area contributed by atoms with Crippen molar-refractivity contribution in [3.8, 4) is 0 Å². The number of rotatable bonds is 3. The number of halogens is 3. The molecule has 1 aromatic rings. The Balaban J connectivity index is 1.88. The number of nitrogens with zero attached hydrogens (tertiary/aromatic N) is 3. The Bertz CT molecular complexity index is 594. The summed E-state index contributed by atoms with van der Waals surface area (Å²) in [5.74, 6) is 0.477. The maximum Gasteiger partial charge on any atom is 0.407 e. The van der Waals surface area contributed by atoms with Gasteiger partial charge < -0.3 is 15.0 Å². The van der Waals surface area contributed by atoms with Crippen LogP contribution in [0.5, 0.6) is 0 Å². The minimum Gasteiger partial charge on any atom is -0.444 e. The van der Waals surface area contributed by atoms with Crippen molar-refractivity contribution in [3.05, 3.63) is 18.1 Å². The van der Waals surface area contributed by atoms with Gasteiger partial charge in [-0.05, 0) is 33.6 Å². The second-order valence-electron chi connectivity index (χ2n) is 7.07. The van der Waals surface area contributed by atoms with Crippen molar-refractivity contribution >= 4 is 11.9 Å². The lowest BCUT2D eigenvalue weighted by Crippen LogP contribution is -2.46. The maximum atomic E-state index is 12.5. The van der Waals surface area contributed by atoms with Crippen LogP contribution in [0, 0.1) is 0 Å².